The van der Waals surface area contributed by atoms with Crippen molar-refractivity contribution in [1.82, 2.24) is 10.3 Å². The number of rotatable bonds is 3. The predicted octanol–water partition coefficient (Wildman–Crippen LogP) is 1.89. The summed E-state index contributed by atoms with van der Waals surface area (Å²) in [5, 5.41) is 2.85. The zero-order valence-corrected chi connectivity index (χ0v) is 6.84. The predicted molar refractivity (Wildman–Crippen MR) is 38.9 cm³/mol. The maximum atomic E-state index is 12.0. The summed E-state index contributed by atoms with van der Waals surface area (Å²) in [6.45, 7) is 1.80. The molecule has 1 unspecified atom stereocenters. The molecule has 0 saturated carbocycles. The lowest BCUT2D eigenvalue weighted by atomic mass is 10.3. The van der Waals surface area contributed by atoms with Gasteiger partial charge in [-0.25, -0.2) is 4.98 Å². The molecule has 0 bridgehead atoms. The van der Waals surface area contributed by atoms with Crippen molar-refractivity contribution in [1.29, 1.82) is 0 Å². The molecule has 1 aromatic rings. The Morgan fingerprint density at radius 3 is 2.67 bits per heavy atom. The van der Waals surface area contributed by atoms with Crippen molar-refractivity contribution in [2.75, 3.05) is 7.05 Å². The van der Waals surface area contributed by atoms with Crippen molar-refractivity contribution in [3.05, 3.63) is 17.8 Å². The second-order valence-corrected chi connectivity index (χ2v) is 2.41. The van der Waals surface area contributed by atoms with Crippen LogP contribution in [0.3, 0.4) is 0 Å². The lowest BCUT2D eigenvalue weighted by Crippen LogP contribution is -2.11. The summed E-state index contributed by atoms with van der Waals surface area (Å²) in [5.41, 5.74) is 0. The average molecular weight is 176 g/mol. The molecule has 3 nitrogen and oxygen atoms in total. The van der Waals surface area contributed by atoms with Crippen LogP contribution in [0.5, 0.6) is 0 Å². The van der Waals surface area contributed by atoms with E-state index in [-0.39, 0.29) is 6.04 Å². The molecule has 0 amide bonds. The van der Waals surface area contributed by atoms with Gasteiger partial charge in [0.05, 0.1) is 12.2 Å². The zero-order valence-electron chi connectivity index (χ0n) is 6.84. The van der Waals surface area contributed by atoms with Crippen LogP contribution in [-0.2, 0) is 0 Å². The number of aromatic nitrogens is 1. The number of oxazole rings is 1. The minimum Gasteiger partial charge on any atom is -0.439 e. The first-order chi connectivity index (χ1) is 5.65. The number of alkyl halides is 2. The number of hydrogen-bond donors (Lipinski definition) is 1. The van der Waals surface area contributed by atoms with Gasteiger partial charge in [-0.3, -0.25) is 0 Å². The summed E-state index contributed by atoms with van der Waals surface area (Å²) in [6.07, 6.45) is -1.33. The van der Waals surface area contributed by atoms with E-state index in [1.807, 2.05) is 0 Å². The Labute approximate surface area is 68.8 Å². The van der Waals surface area contributed by atoms with Crippen LogP contribution in [0.15, 0.2) is 10.6 Å². The summed E-state index contributed by atoms with van der Waals surface area (Å²) >= 11 is 0. The van der Waals surface area contributed by atoms with Crippen LogP contribution in [0.25, 0.3) is 0 Å². The Bertz CT molecular complexity index is 249. The topological polar surface area (TPSA) is 38.1 Å². The minimum atomic E-state index is -2.64. The number of hydrogen-bond acceptors (Lipinski definition) is 3. The standard InChI is InChI=1S/C7H10F2N2O/c1-4(10-2)5-3-11-7(12-5)6(8)9/h3-4,6,10H,1-2H3. The molecule has 0 aliphatic carbocycles. The molecule has 0 aliphatic rings. The van der Waals surface area contributed by atoms with E-state index in [4.69, 9.17) is 4.42 Å². The van der Waals surface area contributed by atoms with Gasteiger partial charge in [-0.15, -0.1) is 0 Å². The van der Waals surface area contributed by atoms with Gasteiger partial charge in [-0.05, 0) is 14.0 Å². The van der Waals surface area contributed by atoms with Crippen LogP contribution >= 0.6 is 0 Å². The fourth-order valence-corrected chi connectivity index (χ4v) is 0.744. The molecule has 0 aromatic carbocycles. The molecule has 1 rings (SSSR count). The highest BCUT2D eigenvalue weighted by Crippen LogP contribution is 2.21. The van der Waals surface area contributed by atoms with E-state index in [0.717, 1.165) is 0 Å². The monoisotopic (exact) mass is 176 g/mol. The molecule has 5 heteroatoms. The third-order valence-corrected chi connectivity index (χ3v) is 1.59. The first kappa shape index (κ1) is 9.12. The molecule has 0 saturated heterocycles. The highest BCUT2D eigenvalue weighted by molar-refractivity contribution is 4.99. The van der Waals surface area contributed by atoms with Crippen LogP contribution in [0.4, 0.5) is 8.78 Å². The highest BCUT2D eigenvalue weighted by Gasteiger charge is 2.16. The Balaban J connectivity index is 2.77. The van der Waals surface area contributed by atoms with Crippen molar-refractivity contribution in [2.45, 2.75) is 19.4 Å². The quantitative estimate of drug-likeness (QED) is 0.764. The van der Waals surface area contributed by atoms with Crippen LogP contribution in [0.1, 0.15) is 31.0 Å². The van der Waals surface area contributed by atoms with E-state index < -0.39 is 12.3 Å². The Morgan fingerprint density at radius 1 is 1.58 bits per heavy atom. The Morgan fingerprint density at radius 2 is 2.25 bits per heavy atom. The van der Waals surface area contributed by atoms with Gasteiger partial charge in [0.2, 0.25) is 0 Å². The molecule has 0 spiro atoms. The summed E-state index contributed by atoms with van der Waals surface area (Å²) in [5.74, 6) is -0.0973. The third kappa shape index (κ3) is 1.79. The van der Waals surface area contributed by atoms with Gasteiger partial charge < -0.3 is 9.73 Å². The number of nitrogens with zero attached hydrogens (tertiary/aromatic N) is 1. The zero-order chi connectivity index (χ0) is 9.14. The molecular weight excluding hydrogens is 166 g/mol. The number of halogens is 2. The Hall–Kier alpha value is -0.970. The maximum absolute atomic E-state index is 12.0. The summed E-state index contributed by atoms with van der Waals surface area (Å²) < 4.78 is 28.7. The minimum absolute atomic E-state index is 0.0926. The summed E-state index contributed by atoms with van der Waals surface area (Å²) in [4.78, 5) is 3.43. The van der Waals surface area contributed by atoms with Gasteiger partial charge in [0, 0.05) is 0 Å². The lowest BCUT2D eigenvalue weighted by Gasteiger charge is -2.03. The molecule has 12 heavy (non-hydrogen) atoms. The van der Waals surface area contributed by atoms with Crippen LogP contribution in [0, 0.1) is 0 Å². The van der Waals surface area contributed by atoms with Gasteiger partial charge in [0.1, 0.15) is 5.76 Å². The normalized spacial score (nSPS) is 13.8. The number of nitrogens with one attached hydrogen (secondary N) is 1. The van der Waals surface area contributed by atoms with Gasteiger partial charge >= 0.3 is 6.43 Å². The highest BCUT2D eigenvalue weighted by atomic mass is 19.3. The van der Waals surface area contributed by atoms with E-state index >= 15 is 0 Å². The first-order valence-corrected chi connectivity index (χ1v) is 3.56. The third-order valence-electron chi connectivity index (χ3n) is 1.59. The van der Waals surface area contributed by atoms with Crippen LogP contribution in [-0.4, -0.2) is 12.0 Å². The lowest BCUT2D eigenvalue weighted by molar-refractivity contribution is 0.112. The van der Waals surface area contributed by atoms with Crippen molar-refractivity contribution in [3.8, 4) is 0 Å². The second kappa shape index (κ2) is 3.62. The van der Waals surface area contributed by atoms with Gasteiger partial charge in [0.25, 0.3) is 5.89 Å². The van der Waals surface area contributed by atoms with Crippen LogP contribution in [0.2, 0.25) is 0 Å². The molecule has 1 aromatic heterocycles. The first-order valence-electron chi connectivity index (χ1n) is 3.56. The van der Waals surface area contributed by atoms with E-state index in [0.29, 0.717) is 5.76 Å². The van der Waals surface area contributed by atoms with Crippen molar-refractivity contribution in [3.63, 3.8) is 0 Å². The van der Waals surface area contributed by atoms with E-state index in [9.17, 15) is 8.78 Å². The molecule has 0 radical (unpaired) electrons. The summed E-state index contributed by atoms with van der Waals surface area (Å²) in [7, 11) is 1.72. The van der Waals surface area contributed by atoms with Gasteiger partial charge in [0.15, 0.2) is 0 Å². The van der Waals surface area contributed by atoms with Crippen molar-refractivity contribution < 1.29 is 13.2 Å². The molecule has 1 N–H and O–H groups in total. The molecule has 68 valence electrons. The van der Waals surface area contributed by atoms with Crippen LogP contribution < -0.4 is 5.32 Å². The fraction of sp³-hybridized carbons (Fsp3) is 0.571. The molecular formula is C7H10F2N2O. The summed E-state index contributed by atoms with van der Waals surface area (Å²) in [6, 6.07) is -0.0926. The SMILES string of the molecule is CNC(C)c1cnc(C(F)F)o1. The smallest absolute Gasteiger partial charge is 0.313 e. The van der Waals surface area contributed by atoms with Crippen molar-refractivity contribution >= 4 is 0 Å². The second-order valence-electron chi connectivity index (χ2n) is 2.41. The van der Waals surface area contributed by atoms with E-state index in [1.165, 1.54) is 6.20 Å². The molecule has 1 atom stereocenters. The average Bonchev–Trinajstić information content (AvgIpc) is 2.51. The fourth-order valence-electron chi connectivity index (χ4n) is 0.744. The van der Waals surface area contributed by atoms with E-state index in [1.54, 1.807) is 14.0 Å². The van der Waals surface area contributed by atoms with Gasteiger partial charge in [-0.1, -0.05) is 0 Å². The van der Waals surface area contributed by atoms with E-state index in [2.05, 4.69) is 10.3 Å². The Kier molecular flexibility index (Phi) is 2.75. The van der Waals surface area contributed by atoms with Crippen molar-refractivity contribution in [2.24, 2.45) is 0 Å². The largest absolute Gasteiger partial charge is 0.439 e. The molecule has 0 fully saturated rings. The molecule has 0 aliphatic heterocycles. The maximum Gasteiger partial charge on any atom is 0.313 e. The molecule has 1 heterocycles. The van der Waals surface area contributed by atoms with Gasteiger partial charge in [-0.2, -0.15) is 8.78 Å².